The maximum Gasteiger partial charge on any atom is 0.274 e. The van der Waals surface area contributed by atoms with E-state index in [9.17, 15) is 14.9 Å². The summed E-state index contributed by atoms with van der Waals surface area (Å²) in [5, 5.41) is 15.6. The smallest absolute Gasteiger partial charge is 0.274 e. The molecule has 132 valence electrons. The number of para-hydroxylation sites is 1. The van der Waals surface area contributed by atoms with Crippen LogP contribution in [0.1, 0.15) is 11.1 Å². The summed E-state index contributed by atoms with van der Waals surface area (Å²) in [7, 11) is 0. The van der Waals surface area contributed by atoms with Crippen LogP contribution in [0.25, 0.3) is 10.9 Å². The van der Waals surface area contributed by atoms with Crippen molar-refractivity contribution in [3.8, 4) is 0 Å². The lowest BCUT2D eigenvalue weighted by atomic mass is 10.1. The Balaban J connectivity index is 1.70. The molecule has 0 aliphatic carbocycles. The number of fused-ring (bicyclic) bond motifs is 1. The van der Waals surface area contributed by atoms with Gasteiger partial charge >= 0.3 is 0 Å². The SMILES string of the molecule is Cc1c(NC(=O)CSc2cc(C)c3ccccc3n2)cccc1[N+](=O)[O-]. The van der Waals surface area contributed by atoms with Crippen LogP contribution < -0.4 is 5.32 Å². The number of carbonyl (C=O) groups is 1. The van der Waals surface area contributed by atoms with Crippen LogP contribution in [0.15, 0.2) is 53.6 Å². The predicted molar refractivity (Wildman–Crippen MR) is 104 cm³/mol. The lowest BCUT2D eigenvalue weighted by molar-refractivity contribution is -0.385. The zero-order valence-corrected chi connectivity index (χ0v) is 15.2. The van der Waals surface area contributed by atoms with Gasteiger partial charge in [-0.05, 0) is 37.6 Å². The zero-order valence-electron chi connectivity index (χ0n) is 14.4. The number of nitrogens with zero attached hydrogens (tertiary/aromatic N) is 2. The van der Waals surface area contributed by atoms with Gasteiger partial charge in [0.15, 0.2) is 0 Å². The van der Waals surface area contributed by atoms with E-state index in [0.29, 0.717) is 11.3 Å². The van der Waals surface area contributed by atoms with Gasteiger partial charge in [0.2, 0.25) is 5.91 Å². The first-order valence-electron chi connectivity index (χ1n) is 7.99. The molecule has 0 saturated carbocycles. The number of pyridine rings is 1. The highest BCUT2D eigenvalue weighted by Crippen LogP contribution is 2.26. The Hall–Kier alpha value is -2.93. The van der Waals surface area contributed by atoms with Gasteiger partial charge in [0.25, 0.3) is 5.69 Å². The number of aromatic nitrogens is 1. The van der Waals surface area contributed by atoms with Crippen LogP contribution in [-0.4, -0.2) is 21.6 Å². The largest absolute Gasteiger partial charge is 0.325 e. The number of aryl methyl sites for hydroxylation is 1. The lowest BCUT2D eigenvalue weighted by Crippen LogP contribution is -2.15. The Kier molecular flexibility index (Phi) is 5.18. The molecule has 0 aliphatic rings. The Bertz CT molecular complexity index is 1000. The van der Waals surface area contributed by atoms with E-state index in [4.69, 9.17) is 0 Å². The number of nitro benzene ring substituents is 1. The third-order valence-electron chi connectivity index (χ3n) is 4.03. The number of carbonyl (C=O) groups excluding carboxylic acids is 1. The lowest BCUT2D eigenvalue weighted by Gasteiger charge is -2.09. The van der Waals surface area contributed by atoms with E-state index in [2.05, 4.69) is 10.3 Å². The van der Waals surface area contributed by atoms with Gasteiger partial charge in [0, 0.05) is 11.5 Å². The Labute approximate surface area is 154 Å². The predicted octanol–water partition coefficient (Wildman–Crippen LogP) is 4.49. The Morgan fingerprint density at radius 3 is 2.73 bits per heavy atom. The second-order valence-electron chi connectivity index (χ2n) is 5.84. The molecule has 3 rings (SSSR count). The Morgan fingerprint density at radius 1 is 1.19 bits per heavy atom. The van der Waals surface area contributed by atoms with E-state index in [1.54, 1.807) is 19.1 Å². The first-order chi connectivity index (χ1) is 12.5. The summed E-state index contributed by atoms with van der Waals surface area (Å²) in [6.07, 6.45) is 0. The normalized spacial score (nSPS) is 10.7. The van der Waals surface area contributed by atoms with Gasteiger partial charge in [0.05, 0.1) is 32.5 Å². The van der Waals surface area contributed by atoms with E-state index in [1.807, 2.05) is 37.3 Å². The van der Waals surface area contributed by atoms with E-state index in [0.717, 1.165) is 21.5 Å². The first kappa shape index (κ1) is 17.9. The number of rotatable bonds is 5. The van der Waals surface area contributed by atoms with E-state index in [-0.39, 0.29) is 17.3 Å². The number of benzene rings is 2. The van der Waals surface area contributed by atoms with Crippen molar-refractivity contribution in [1.82, 2.24) is 4.98 Å². The molecule has 0 fully saturated rings. The molecular formula is C19H17N3O3S. The minimum absolute atomic E-state index is 0.0118. The van der Waals surface area contributed by atoms with E-state index in [1.165, 1.54) is 17.8 Å². The number of nitro groups is 1. The van der Waals surface area contributed by atoms with E-state index >= 15 is 0 Å². The van der Waals surface area contributed by atoms with Gasteiger partial charge in [-0.25, -0.2) is 4.98 Å². The van der Waals surface area contributed by atoms with Gasteiger partial charge in [-0.15, -0.1) is 0 Å². The molecule has 1 heterocycles. The number of amides is 1. The fraction of sp³-hybridized carbons (Fsp3) is 0.158. The van der Waals surface area contributed by atoms with Crippen LogP contribution in [0.2, 0.25) is 0 Å². The molecule has 3 aromatic rings. The monoisotopic (exact) mass is 367 g/mol. The molecule has 0 aliphatic heterocycles. The number of thioether (sulfide) groups is 1. The van der Waals surface area contributed by atoms with Crippen LogP contribution >= 0.6 is 11.8 Å². The van der Waals surface area contributed by atoms with Crippen molar-refractivity contribution in [1.29, 1.82) is 0 Å². The first-order valence-corrected chi connectivity index (χ1v) is 8.97. The molecule has 0 unspecified atom stereocenters. The van der Waals surface area contributed by atoms with Crippen molar-refractivity contribution in [2.75, 3.05) is 11.1 Å². The highest BCUT2D eigenvalue weighted by Gasteiger charge is 2.15. The van der Waals surface area contributed by atoms with Gasteiger partial charge in [-0.2, -0.15) is 0 Å². The van der Waals surface area contributed by atoms with Gasteiger partial charge in [-0.1, -0.05) is 36.0 Å². The van der Waals surface area contributed by atoms with Gasteiger partial charge in [-0.3, -0.25) is 14.9 Å². The molecule has 1 N–H and O–H groups in total. The maximum atomic E-state index is 12.2. The molecule has 1 amide bonds. The molecule has 7 heteroatoms. The molecule has 26 heavy (non-hydrogen) atoms. The second kappa shape index (κ2) is 7.53. The quantitative estimate of drug-likeness (QED) is 0.408. The molecule has 0 saturated heterocycles. The third-order valence-corrected chi connectivity index (χ3v) is 4.94. The summed E-state index contributed by atoms with van der Waals surface area (Å²) in [6.45, 7) is 3.63. The number of hydrogen-bond donors (Lipinski definition) is 1. The maximum absolute atomic E-state index is 12.2. The summed E-state index contributed by atoms with van der Waals surface area (Å²) in [5.74, 6) is -0.0568. The van der Waals surface area contributed by atoms with Crippen LogP contribution in [-0.2, 0) is 4.79 Å². The molecule has 1 aromatic heterocycles. The van der Waals surface area contributed by atoms with Crippen LogP contribution in [0.5, 0.6) is 0 Å². The number of anilines is 1. The number of hydrogen-bond acceptors (Lipinski definition) is 5. The average Bonchev–Trinajstić information content (AvgIpc) is 2.61. The molecule has 0 radical (unpaired) electrons. The number of nitrogens with one attached hydrogen (secondary N) is 1. The topological polar surface area (TPSA) is 85.1 Å². The summed E-state index contributed by atoms with van der Waals surface area (Å²) in [5.41, 5.74) is 2.88. The third kappa shape index (κ3) is 3.83. The van der Waals surface area contributed by atoms with E-state index < -0.39 is 4.92 Å². The molecule has 0 spiro atoms. The molecule has 0 atom stereocenters. The average molecular weight is 367 g/mol. The van der Waals surface area contributed by atoms with Crippen LogP contribution in [0.4, 0.5) is 11.4 Å². The minimum atomic E-state index is -0.457. The standard InChI is InChI=1S/C19H17N3O3S/c1-12-10-19(21-16-7-4-3-6-14(12)16)26-11-18(23)20-15-8-5-9-17(13(15)2)22(24)25/h3-10H,11H2,1-2H3,(H,20,23). The summed E-state index contributed by atoms with van der Waals surface area (Å²) >= 11 is 1.34. The highest BCUT2D eigenvalue weighted by atomic mass is 32.2. The van der Waals surface area contributed by atoms with Gasteiger partial charge in [0.1, 0.15) is 0 Å². The molecule has 2 aromatic carbocycles. The minimum Gasteiger partial charge on any atom is -0.325 e. The second-order valence-corrected chi connectivity index (χ2v) is 6.83. The van der Waals surface area contributed by atoms with Crippen molar-refractivity contribution in [3.05, 3.63) is 69.8 Å². The highest BCUT2D eigenvalue weighted by molar-refractivity contribution is 7.99. The summed E-state index contributed by atoms with van der Waals surface area (Å²) in [4.78, 5) is 27.3. The van der Waals surface area contributed by atoms with Crippen molar-refractivity contribution >= 4 is 39.9 Å². The fourth-order valence-corrected chi connectivity index (χ4v) is 3.45. The fourth-order valence-electron chi connectivity index (χ4n) is 2.67. The summed E-state index contributed by atoms with van der Waals surface area (Å²) < 4.78 is 0. The summed E-state index contributed by atoms with van der Waals surface area (Å²) in [6, 6.07) is 14.5. The van der Waals surface area contributed by atoms with Crippen molar-refractivity contribution in [2.45, 2.75) is 18.9 Å². The molecule has 6 nitrogen and oxygen atoms in total. The zero-order chi connectivity index (χ0) is 18.7. The van der Waals surface area contributed by atoms with Crippen LogP contribution in [0, 0.1) is 24.0 Å². The Morgan fingerprint density at radius 2 is 1.96 bits per heavy atom. The van der Waals surface area contributed by atoms with Crippen molar-refractivity contribution < 1.29 is 9.72 Å². The van der Waals surface area contributed by atoms with Crippen LogP contribution in [0.3, 0.4) is 0 Å². The van der Waals surface area contributed by atoms with Crippen molar-refractivity contribution in [3.63, 3.8) is 0 Å². The molecular weight excluding hydrogens is 350 g/mol. The molecule has 0 bridgehead atoms. The van der Waals surface area contributed by atoms with Gasteiger partial charge < -0.3 is 5.32 Å². The van der Waals surface area contributed by atoms with Crippen molar-refractivity contribution in [2.24, 2.45) is 0 Å².